The van der Waals surface area contributed by atoms with E-state index in [1.54, 1.807) is 18.9 Å². The summed E-state index contributed by atoms with van der Waals surface area (Å²) in [5.41, 5.74) is 2.15. The molecule has 2 aromatic rings. The zero-order chi connectivity index (χ0) is 11.5. The second-order valence-corrected chi connectivity index (χ2v) is 4.62. The molecule has 3 nitrogen and oxygen atoms in total. The van der Waals surface area contributed by atoms with Crippen LogP contribution in [-0.2, 0) is 0 Å². The van der Waals surface area contributed by atoms with Crippen LogP contribution in [0.3, 0.4) is 0 Å². The fourth-order valence-electron chi connectivity index (χ4n) is 1.45. The number of aromatic nitrogens is 2. The van der Waals surface area contributed by atoms with Crippen molar-refractivity contribution >= 4 is 11.8 Å². The predicted molar refractivity (Wildman–Crippen MR) is 65.2 cm³/mol. The average molecular weight is 234 g/mol. The van der Waals surface area contributed by atoms with E-state index in [0.717, 1.165) is 17.1 Å². The van der Waals surface area contributed by atoms with Crippen molar-refractivity contribution in [1.82, 2.24) is 10.2 Å². The summed E-state index contributed by atoms with van der Waals surface area (Å²) < 4.78 is 5.12. The summed E-state index contributed by atoms with van der Waals surface area (Å²) in [5, 5.41) is 7.16. The van der Waals surface area contributed by atoms with Crippen LogP contribution in [-0.4, -0.2) is 17.3 Å². The highest BCUT2D eigenvalue weighted by Crippen LogP contribution is 2.32. The monoisotopic (exact) mass is 234 g/mol. The van der Waals surface area contributed by atoms with E-state index in [-0.39, 0.29) is 0 Å². The predicted octanol–water partition coefficient (Wildman–Crippen LogP) is 3.19. The standard InChI is InChI=1S/C12H14N2OS/c1-8-12(9(2)14-13-8)16-11-6-4-10(15-3)5-7-11/h4-7H,1-3H3,(H,13,14). The molecule has 1 N–H and O–H groups in total. The van der Waals surface area contributed by atoms with Gasteiger partial charge in [-0.15, -0.1) is 0 Å². The maximum absolute atomic E-state index is 5.12. The third kappa shape index (κ3) is 2.22. The molecule has 0 saturated heterocycles. The lowest BCUT2D eigenvalue weighted by Gasteiger charge is -2.03. The van der Waals surface area contributed by atoms with Crippen LogP contribution >= 0.6 is 11.8 Å². The molecule has 0 saturated carbocycles. The van der Waals surface area contributed by atoms with Gasteiger partial charge in [0.15, 0.2) is 0 Å². The van der Waals surface area contributed by atoms with Gasteiger partial charge in [-0.1, -0.05) is 11.8 Å². The first-order chi connectivity index (χ1) is 7.70. The lowest BCUT2D eigenvalue weighted by Crippen LogP contribution is -1.82. The van der Waals surface area contributed by atoms with E-state index in [4.69, 9.17) is 4.74 Å². The molecule has 0 unspecified atom stereocenters. The van der Waals surface area contributed by atoms with Gasteiger partial charge < -0.3 is 4.74 Å². The number of methoxy groups -OCH3 is 1. The first-order valence-corrected chi connectivity index (χ1v) is 5.86. The second-order valence-electron chi connectivity index (χ2n) is 3.54. The lowest BCUT2D eigenvalue weighted by molar-refractivity contribution is 0.414. The molecule has 0 spiro atoms. The van der Waals surface area contributed by atoms with Crippen LogP contribution in [0, 0.1) is 13.8 Å². The third-order valence-electron chi connectivity index (χ3n) is 2.34. The molecule has 1 aromatic carbocycles. The van der Waals surface area contributed by atoms with E-state index in [1.165, 1.54) is 9.79 Å². The van der Waals surface area contributed by atoms with Gasteiger partial charge >= 0.3 is 0 Å². The van der Waals surface area contributed by atoms with Gasteiger partial charge in [-0.05, 0) is 38.1 Å². The van der Waals surface area contributed by atoms with Crippen molar-refractivity contribution in [3.8, 4) is 5.75 Å². The number of benzene rings is 1. The fourth-order valence-corrected chi connectivity index (χ4v) is 2.35. The van der Waals surface area contributed by atoms with E-state index in [0.29, 0.717) is 0 Å². The Morgan fingerprint density at radius 3 is 2.38 bits per heavy atom. The maximum Gasteiger partial charge on any atom is 0.118 e. The SMILES string of the molecule is COc1ccc(Sc2c(C)n[nH]c2C)cc1. The summed E-state index contributed by atoms with van der Waals surface area (Å²) in [7, 11) is 1.67. The zero-order valence-corrected chi connectivity index (χ0v) is 10.4. The average Bonchev–Trinajstić information content (AvgIpc) is 2.62. The zero-order valence-electron chi connectivity index (χ0n) is 9.57. The number of hydrogen-bond acceptors (Lipinski definition) is 3. The Morgan fingerprint density at radius 2 is 1.88 bits per heavy atom. The Morgan fingerprint density at radius 1 is 1.19 bits per heavy atom. The molecule has 1 aromatic heterocycles. The Labute approximate surface area is 99.2 Å². The number of H-pyrrole nitrogens is 1. The molecule has 0 aliphatic heterocycles. The molecular weight excluding hydrogens is 220 g/mol. The van der Waals surface area contributed by atoms with Crippen LogP contribution < -0.4 is 4.74 Å². The van der Waals surface area contributed by atoms with Crippen molar-refractivity contribution < 1.29 is 4.74 Å². The number of hydrogen-bond donors (Lipinski definition) is 1. The van der Waals surface area contributed by atoms with Crippen molar-refractivity contribution in [2.75, 3.05) is 7.11 Å². The van der Waals surface area contributed by atoms with E-state index in [2.05, 4.69) is 22.3 Å². The Bertz CT molecular complexity index is 457. The summed E-state index contributed by atoms with van der Waals surface area (Å²) in [6.45, 7) is 4.04. The van der Waals surface area contributed by atoms with Gasteiger partial charge in [-0.3, -0.25) is 5.10 Å². The molecule has 0 bridgehead atoms. The van der Waals surface area contributed by atoms with Crippen molar-refractivity contribution in [2.24, 2.45) is 0 Å². The van der Waals surface area contributed by atoms with Crippen LogP contribution in [0.1, 0.15) is 11.4 Å². The highest BCUT2D eigenvalue weighted by molar-refractivity contribution is 7.99. The largest absolute Gasteiger partial charge is 0.497 e. The summed E-state index contributed by atoms with van der Waals surface area (Å²) in [6.07, 6.45) is 0. The van der Waals surface area contributed by atoms with Gasteiger partial charge in [0.25, 0.3) is 0 Å². The van der Waals surface area contributed by atoms with Crippen LogP contribution in [0.2, 0.25) is 0 Å². The van der Waals surface area contributed by atoms with E-state index in [9.17, 15) is 0 Å². The molecule has 16 heavy (non-hydrogen) atoms. The first-order valence-electron chi connectivity index (χ1n) is 5.04. The Balaban J connectivity index is 2.20. The van der Waals surface area contributed by atoms with Gasteiger partial charge in [0, 0.05) is 10.6 Å². The second kappa shape index (κ2) is 4.61. The molecule has 0 fully saturated rings. The van der Waals surface area contributed by atoms with Gasteiger partial charge in [0.1, 0.15) is 5.75 Å². The third-order valence-corrected chi connectivity index (χ3v) is 3.65. The number of aryl methyl sites for hydroxylation is 2. The quantitative estimate of drug-likeness (QED) is 0.886. The lowest BCUT2D eigenvalue weighted by atomic mass is 10.3. The smallest absolute Gasteiger partial charge is 0.118 e. The summed E-state index contributed by atoms with van der Waals surface area (Å²) in [6, 6.07) is 8.03. The molecule has 0 aliphatic rings. The van der Waals surface area contributed by atoms with Gasteiger partial charge in [0.05, 0.1) is 17.7 Å². The highest BCUT2D eigenvalue weighted by Gasteiger charge is 2.07. The molecule has 2 rings (SSSR count). The van der Waals surface area contributed by atoms with Gasteiger partial charge in [0.2, 0.25) is 0 Å². The topological polar surface area (TPSA) is 37.9 Å². The molecule has 4 heteroatoms. The summed E-state index contributed by atoms with van der Waals surface area (Å²) in [4.78, 5) is 2.39. The minimum atomic E-state index is 0.880. The van der Waals surface area contributed by atoms with Crippen LogP contribution in [0.15, 0.2) is 34.1 Å². The maximum atomic E-state index is 5.12. The van der Waals surface area contributed by atoms with Crippen molar-refractivity contribution in [2.45, 2.75) is 23.6 Å². The molecule has 0 aliphatic carbocycles. The summed E-state index contributed by atoms with van der Waals surface area (Å²) >= 11 is 1.72. The molecule has 0 amide bonds. The van der Waals surface area contributed by atoms with Crippen LogP contribution in [0.4, 0.5) is 0 Å². The normalized spacial score (nSPS) is 10.4. The van der Waals surface area contributed by atoms with Crippen molar-refractivity contribution in [3.63, 3.8) is 0 Å². The minimum Gasteiger partial charge on any atom is -0.497 e. The van der Waals surface area contributed by atoms with E-state index >= 15 is 0 Å². The minimum absolute atomic E-state index is 0.880. The summed E-state index contributed by atoms with van der Waals surface area (Å²) in [5.74, 6) is 0.880. The molecule has 1 heterocycles. The number of nitrogens with zero attached hydrogens (tertiary/aromatic N) is 1. The number of aromatic amines is 1. The molecular formula is C12H14N2OS. The molecule has 0 atom stereocenters. The first kappa shape index (κ1) is 11.1. The Kier molecular flexibility index (Phi) is 3.19. The Hall–Kier alpha value is -1.42. The van der Waals surface area contributed by atoms with Crippen LogP contribution in [0.5, 0.6) is 5.75 Å². The van der Waals surface area contributed by atoms with Gasteiger partial charge in [-0.25, -0.2) is 0 Å². The highest BCUT2D eigenvalue weighted by atomic mass is 32.2. The van der Waals surface area contributed by atoms with Crippen molar-refractivity contribution in [1.29, 1.82) is 0 Å². The van der Waals surface area contributed by atoms with Gasteiger partial charge in [-0.2, -0.15) is 5.10 Å². The number of nitrogens with one attached hydrogen (secondary N) is 1. The van der Waals surface area contributed by atoms with E-state index in [1.807, 2.05) is 26.0 Å². The van der Waals surface area contributed by atoms with Crippen LogP contribution in [0.25, 0.3) is 0 Å². The number of ether oxygens (including phenoxy) is 1. The fraction of sp³-hybridized carbons (Fsp3) is 0.250. The van der Waals surface area contributed by atoms with E-state index < -0.39 is 0 Å². The molecule has 0 radical (unpaired) electrons. The number of rotatable bonds is 3. The van der Waals surface area contributed by atoms with Crippen molar-refractivity contribution in [3.05, 3.63) is 35.7 Å². The molecule has 84 valence electrons.